The van der Waals surface area contributed by atoms with Gasteiger partial charge < -0.3 is 5.32 Å². The van der Waals surface area contributed by atoms with E-state index in [0.29, 0.717) is 0 Å². The lowest BCUT2D eigenvalue weighted by molar-refractivity contribution is 0.711. The van der Waals surface area contributed by atoms with Crippen molar-refractivity contribution in [2.75, 3.05) is 13.1 Å². The molecule has 1 aromatic rings. The maximum atomic E-state index is 4.29. The third-order valence-corrected chi connectivity index (χ3v) is 2.42. The zero-order valence-electron chi connectivity index (χ0n) is 9.40. The van der Waals surface area contributed by atoms with Crippen molar-refractivity contribution in [1.82, 2.24) is 10.7 Å². The number of aliphatic imine (C=N–C) groups is 1. The molecule has 4 heteroatoms. The van der Waals surface area contributed by atoms with Crippen molar-refractivity contribution in [3.05, 3.63) is 35.9 Å². The second kappa shape index (κ2) is 5.30. The molecule has 0 unspecified atom stereocenters. The maximum absolute atomic E-state index is 4.29. The maximum Gasteiger partial charge on any atom is 0.212 e. The minimum absolute atomic E-state index is 0.765. The van der Waals surface area contributed by atoms with E-state index in [4.69, 9.17) is 0 Å². The van der Waals surface area contributed by atoms with E-state index in [-0.39, 0.29) is 0 Å². The van der Waals surface area contributed by atoms with Gasteiger partial charge in [-0.1, -0.05) is 30.3 Å². The lowest BCUT2D eigenvalue weighted by Gasteiger charge is -2.13. The SMILES string of the molecule is CC(=NNC1=NCCCN1)c1ccccc1. The Morgan fingerprint density at radius 1 is 1.38 bits per heavy atom. The van der Waals surface area contributed by atoms with Crippen LogP contribution in [0.1, 0.15) is 18.9 Å². The summed E-state index contributed by atoms with van der Waals surface area (Å²) in [4.78, 5) is 4.28. The van der Waals surface area contributed by atoms with Crippen LogP contribution < -0.4 is 10.7 Å². The summed E-state index contributed by atoms with van der Waals surface area (Å²) >= 11 is 0. The molecular weight excluding hydrogens is 200 g/mol. The zero-order chi connectivity index (χ0) is 11.2. The molecule has 0 bridgehead atoms. The molecule has 1 aliphatic heterocycles. The van der Waals surface area contributed by atoms with Gasteiger partial charge in [-0.3, -0.25) is 4.99 Å². The minimum Gasteiger partial charge on any atom is -0.355 e. The molecule has 84 valence electrons. The van der Waals surface area contributed by atoms with Crippen LogP contribution in [0, 0.1) is 0 Å². The van der Waals surface area contributed by atoms with Gasteiger partial charge in [0.25, 0.3) is 0 Å². The van der Waals surface area contributed by atoms with Gasteiger partial charge in [-0.05, 0) is 18.9 Å². The van der Waals surface area contributed by atoms with Crippen molar-refractivity contribution in [2.45, 2.75) is 13.3 Å². The first kappa shape index (κ1) is 10.7. The summed E-state index contributed by atoms with van der Waals surface area (Å²) in [5.74, 6) is 0.765. The van der Waals surface area contributed by atoms with E-state index >= 15 is 0 Å². The van der Waals surface area contributed by atoms with Crippen LogP contribution in [-0.2, 0) is 0 Å². The molecule has 0 saturated carbocycles. The molecule has 0 aliphatic carbocycles. The zero-order valence-corrected chi connectivity index (χ0v) is 9.40. The van der Waals surface area contributed by atoms with Crippen LogP contribution in [0.15, 0.2) is 40.4 Å². The lowest BCUT2D eigenvalue weighted by Crippen LogP contribution is -2.38. The average molecular weight is 216 g/mol. The summed E-state index contributed by atoms with van der Waals surface area (Å²) in [6, 6.07) is 10.1. The number of benzene rings is 1. The molecule has 0 aromatic heterocycles. The summed E-state index contributed by atoms with van der Waals surface area (Å²) < 4.78 is 0. The van der Waals surface area contributed by atoms with Crippen LogP contribution in [0.2, 0.25) is 0 Å². The van der Waals surface area contributed by atoms with Crippen LogP contribution in [0.4, 0.5) is 0 Å². The lowest BCUT2D eigenvalue weighted by atomic mass is 10.1. The second-order valence-corrected chi connectivity index (χ2v) is 3.69. The van der Waals surface area contributed by atoms with E-state index in [0.717, 1.165) is 36.7 Å². The third kappa shape index (κ3) is 2.82. The van der Waals surface area contributed by atoms with E-state index in [1.807, 2.05) is 37.3 Å². The Balaban J connectivity index is 1.99. The minimum atomic E-state index is 0.765. The number of nitrogens with zero attached hydrogens (tertiary/aromatic N) is 2. The summed E-state index contributed by atoms with van der Waals surface area (Å²) in [6.07, 6.45) is 1.09. The highest BCUT2D eigenvalue weighted by molar-refractivity contribution is 5.99. The van der Waals surface area contributed by atoms with Gasteiger partial charge in [0, 0.05) is 13.1 Å². The highest BCUT2D eigenvalue weighted by Gasteiger charge is 2.02. The van der Waals surface area contributed by atoms with E-state index < -0.39 is 0 Å². The highest BCUT2D eigenvalue weighted by Crippen LogP contribution is 1.99. The van der Waals surface area contributed by atoms with E-state index in [1.165, 1.54) is 0 Å². The number of hydrogen-bond acceptors (Lipinski definition) is 4. The van der Waals surface area contributed by atoms with Crippen LogP contribution >= 0.6 is 0 Å². The van der Waals surface area contributed by atoms with Crippen LogP contribution in [-0.4, -0.2) is 24.8 Å². The monoisotopic (exact) mass is 216 g/mol. The standard InChI is InChI=1S/C12H16N4/c1-10(11-6-3-2-4-7-11)15-16-12-13-8-5-9-14-12/h2-4,6-7H,5,8-9H2,1H3,(H2,13,14,16). The Hall–Kier alpha value is -1.84. The largest absolute Gasteiger partial charge is 0.355 e. The molecule has 2 rings (SSSR count). The van der Waals surface area contributed by atoms with Gasteiger partial charge in [-0.25, -0.2) is 5.43 Å². The Morgan fingerprint density at radius 2 is 2.19 bits per heavy atom. The first-order valence-corrected chi connectivity index (χ1v) is 5.50. The summed E-state index contributed by atoms with van der Waals surface area (Å²) in [6.45, 7) is 3.81. The number of rotatable bonds is 2. The van der Waals surface area contributed by atoms with Crippen LogP contribution in [0.25, 0.3) is 0 Å². The molecule has 0 radical (unpaired) electrons. The highest BCUT2D eigenvalue weighted by atomic mass is 15.4. The predicted octanol–water partition coefficient (Wildman–Crippen LogP) is 1.35. The Kier molecular flexibility index (Phi) is 3.53. The molecule has 4 nitrogen and oxygen atoms in total. The van der Waals surface area contributed by atoms with Gasteiger partial charge in [0.2, 0.25) is 5.96 Å². The fourth-order valence-corrected chi connectivity index (χ4v) is 1.49. The smallest absolute Gasteiger partial charge is 0.212 e. The number of hydrazone groups is 1. The molecule has 2 N–H and O–H groups in total. The summed E-state index contributed by atoms with van der Waals surface area (Å²) in [7, 11) is 0. The van der Waals surface area contributed by atoms with E-state index in [1.54, 1.807) is 0 Å². The van der Waals surface area contributed by atoms with Crippen molar-refractivity contribution in [3.63, 3.8) is 0 Å². The first-order valence-electron chi connectivity index (χ1n) is 5.50. The molecule has 0 saturated heterocycles. The molecule has 1 aromatic carbocycles. The Labute approximate surface area is 95.5 Å². The van der Waals surface area contributed by atoms with E-state index in [2.05, 4.69) is 20.8 Å². The number of hydrogen-bond donors (Lipinski definition) is 2. The quantitative estimate of drug-likeness (QED) is 0.579. The number of nitrogens with one attached hydrogen (secondary N) is 2. The van der Waals surface area contributed by atoms with Crippen molar-refractivity contribution >= 4 is 11.7 Å². The first-order chi connectivity index (χ1) is 7.86. The molecule has 16 heavy (non-hydrogen) atoms. The van der Waals surface area contributed by atoms with Crippen LogP contribution in [0.3, 0.4) is 0 Å². The van der Waals surface area contributed by atoms with Crippen molar-refractivity contribution in [2.24, 2.45) is 10.1 Å². The molecule has 0 amide bonds. The van der Waals surface area contributed by atoms with Gasteiger partial charge in [0.15, 0.2) is 0 Å². The van der Waals surface area contributed by atoms with Gasteiger partial charge >= 0.3 is 0 Å². The normalized spacial score (nSPS) is 16.3. The van der Waals surface area contributed by atoms with Crippen LogP contribution in [0.5, 0.6) is 0 Å². The molecular formula is C12H16N4. The fraction of sp³-hybridized carbons (Fsp3) is 0.333. The third-order valence-electron chi connectivity index (χ3n) is 2.42. The second-order valence-electron chi connectivity index (χ2n) is 3.69. The molecule has 1 aliphatic rings. The van der Waals surface area contributed by atoms with Crippen molar-refractivity contribution in [1.29, 1.82) is 0 Å². The molecule has 0 fully saturated rings. The molecule has 1 heterocycles. The van der Waals surface area contributed by atoms with Crippen molar-refractivity contribution < 1.29 is 0 Å². The Morgan fingerprint density at radius 3 is 2.88 bits per heavy atom. The summed E-state index contributed by atoms with van der Waals surface area (Å²) in [5, 5.41) is 7.45. The van der Waals surface area contributed by atoms with Gasteiger partial charge in [-0.2, -0.15) is 5.10 Å². The van der Waals surface area contributed by atoms with Gasteiger partial charge in [0.05, 0.1) is 5.71 Å². The molecule has 0 atom stereocenters. The molecule has 0 spiro atoms. The Bertz CT molecular complexity index is 395. The number of guanidine groups is 1. The van der Waals surface area contributed by atoms with E-state index in [9.17, 15) is 0 Å². The van der Waals surface area contributed by atoms with Crippen molar-refractivity contribution in [3.8, 4) is 0 Å². The van der Waals surface area contributed by atoms with Gasteiger partial charge in [-0.15, -0.1) is 0 Å². The van der Waals surface area contributed by atoms with Gasteiger partial charge in [0.1, 0.15) is 0 Å². The summed E-state index contributed by atoms with van der Waals surface area (Å²) in [5.41, 5.74) is 5.02. The fourth-order valence-electron chi connectivity index (χ4n) is 1.49. The average Bonchev–Trinajstić information content (AvgIpc) is 2.38. The topological polar surface area (TPSA) is 48.8 Å². The predicted molar refractivity (Wildman–Crippen MR) is 66.7 cm³/mol.